The molecule has 3 atom stereocenters. The van der Waals surface area contributed by atoms with Gasteiger partial charge in [0.15, 0.2) is 0 Å². The molecule has 0 radical (unpaired) electrons. The Morgan fingerprint density at radius 2 is 2.15 bits per heavy atom. The summed E-state index contributed by atoms with van der Waals surface area (Å²) in [6.45, 7) is 4.23. The lowest BCUT2D eigenvalue weighted by molar-refractivity contribution is 0.372. The molecule has 2 aliphatic rings. The van der Waals surface area contributed by atoms with Crippen LogP contribution in [0.5, 0.6) is 0 Å². The first-order chi connectivity index (χ1) is 13.0. The molecule has 3 aromatic rings. The Balaban J connectivity index is 1.55. The minimum atomic E-state index is -3.16. The summed E-state index contributed by atoms with van der Waals surface area (Å²) < 4.78 is 30.1. The summed E-state index contributed by atoms with van der Waals surface area (Å²) >= 11 is 0. The number of aromatic nitrogens is 4. The van der Waals surface area contributed by atoms with E-state index in [4.69, 9.17) is 4.98 Å². The van der Waals surface area contributed by atoms with Gasteiger partial charge in [-0.05, 0) is 44.6 Å². The summed E-state index contributed by atoms with van der Waals surface area (Å²) in [6.07, 6.45) is 8.04. The topological polar surface area (TPSA) is 92.7 Å². The molecule has 5 rings (SSSR count). The van der Waals surface area contributed by atoms with Crippen LogP contribution in [0.25, 0.3) is 22.1 Å². The van der Waals surface area contributed by atoms with E-state index in [0.717, 1.165) is 60.0 Å². The van der Waals surface area contributed by atoms with E-state index in [0.29, 0.717) is 5.92 Å². The van der Waals surface area contributed by atoms with Gasteiger partial charge < -0.3 is 9.55 Å². The number of imidazole rings is 1. The molecule has 2 fully saturated rings. The van der Waals surface area contributed by atoms with Crippen LogP contribution in [-0.2, 0) is 10.0 Å². The lowest BCUT2D eigenvalue weighted by Gasteiger charge is -2.22. The van der Waals surface area contributed by atoms with Crippen LogP contribution in [-0.4, -0.2) is 39.2 Å². The van der Waals surface area contributed by atoms with E-state index in [1.165, 1.54) is 0 Å². The van der Waals surface area contributed by atoms with Crippen molar-refractivity contribution in [2.24, 2.45) is 5.92 Å². The number of rotatable bonds is 5. The highest BCUT2D eigenvalue weighted by atomic mass is 32.2. The van der Waals surface area contributed by atoms with Crippen LogP contribution in [0.1, 0.15) is 50.9 Å². The third-order valence-electron chi connectivity index (χ3n) is 6.22. The van der Waals surface area contributed by atoms with Crippen LogP contribution in [0.4, 0.5) is 0 Å². The summed E-state index contributed by atoms with van der Waals surface area (Å²) in [5, 5.41) is 0.906. The quantitative estimate of drug-likeness (QED) is 0.704. The summed E-state index contributed by atoms with van der Waals surface area (Å²) in [5.41, 5.74) is 2.87. The van der Waals surface area contributed by atoms with Crippen LogP contribution in [0, 0.1) is 12.8 Å². The molecule has 0 aliphatic heterocycles. The van der Waals surface area contributed by atoms with Crippen LogP contribution in [0.3, 0.4) is 0 Å². The molecule has 2 saturated carbocycles. The number of aromatic amines is 1. The predicted molar refractivity (Wildman–Crippen MR) is 105 cm³/mol. The Hall–Kier alpha value is -1.93. The molecular weight excluding hydrogens is 362 g/mol. The third kappa shape index (κ3) is 2.77. The predicted octanol–water partition coefficient (Wildman–Crippen LogP) is 3.03. The molecule has 2 N–H and O–H groups in total. The summed E-state index contributed by atoms with van der Waals surface area (Å²) in [6, 6.07) is 2.30. The van der Waals surface area contributed by atoms with E-state index >= 15 is 0 Å². The van der Waals surface area contributed by atoms with E-state index in [1.54, 1.807) is 0 Å². The lowest BCUT2D eigenvalue weighted by atomic mass is 10.00. The summed E-state index contributed by atoms with van der Waals surface area (Å²) in [7, 11) is -3.16. The van der Waals surface area contributed by atoms with Gasteiger partial charge in [-0.1, -0.05) is 13.3 Å². The molecule has 3 aromatic heterocycles. The van der Waals surface area contributed by atoms with Gasteiger partial charge in [-0.25, -0.2) is 23.1 Å². The maximum atomic E-state index is 12.4. The number of hydrogen-bond donors (Lipinski definition) is 2. The number of pyridine rings is 1. The Bertz CT molecular complexity index is 1110. The lowest BCUT2D eigenvalue weighted by Crippen LogP contribution is -2.35. The third-order valence-corrected chi connectivity index (χ3v) is 8.23. The second kappa shape index (κ2) is 6.04. The minimum absolute atomic E-state index is 0.00551. The number of sulfonamides is 1. The normalized spacial score (nSPS) is 26.4. The fraction of sp³-hybridized carbons (Fsp3) is 0.579. The number of nitrogens with one attached hydrogen (secondary N) is 2. The van der Waals surface area contributed by atoms with Gasteiger partial charge in [-0.15, -0.1) is 0 Å². The zero-order valence-electron chi connectivity index (χ0n) is 15.6. The van der Waals surface area contributed by atoms with Gasteiger partial charge in [0.05, 0.1) is 17.0 Å². The van der Waals surface area contributed by atoms with Crippen molar-refractivity contribution in [3.05, 3.63) is 24.3 Å². The number of nitrogens with zero attached hydrogens (tertiary/aromatic N) is 3. The van der Waals surface area contributed by atoms with Gasteiger partial charge in [-0.2, -0.15) is 0 Å². The number of fused-ring (bicyclic) bond motifs is 3. The van der Waals surface area contributed by atoms with E-state index in [1.807, 2.05) is 25.4 Å². The molecule has 0 aromatic carbocycles. The van der Waals surface area contributed by atoms with Gasteiger partial charge in [0.1, 0.15) is 17.0 Å². The van der Waals surface area contributed by atoms with Crippen molar-refractivity contribution >= 4 is 32.1 Å². The Morgan fingerprint density at radius 1 is 1.33 bits per heavy atom. The number of aryl methyl sites for hydroxylation is 1. The van der Waals surface area contributed by atoms with Gasteiger partial charge in [0.2, 0.25) is 10.0 Å². The van der Waals surface area contributed by atoms with Gasteiger partial charge in [-0.3, -0.25) is 0 Å². The molecule has 0 bridgehead atoms. The highest BCUT2D eigenvalue weighted by molar-refractivity contribution is 7.90. The molecular formula is C19H25N5O2S. The van der Waals surface area contributed by atoms with E-state index in [-0.39, 0.29) is 17.3 Å². The molecule has 0 spiro atoms. The SMILES string of the molecule is CC[C@@H]1C[C@H](NS(=O)(=O)C2CC2)C[C@@H]1n1c(C)nc2cnc3[nH]ccc3c21. The molecule has 144 valence electrons. The first-order valence-corrected chi connectivity index (χ1v) is 11.3. The second-order valence-electron chi connectivity index (χ2n) is 8.03. The molecule has 27 heavy (non-hydrogen) atoms. The van der Waals surface area contributed by atoms with E-state index in [9.17, 15) is 8.42 Å². The highest BCUT2D eigenvalue weighted by Gasteiger charge is 2.41. The molecule has 0 unspecified atom stereocenters. The first-order valence-electron chi connectivity index (χ1n) is 9.79. The zero-order chi connectivity index (χ0) is 18.8. The molecule has 7 nitrogen and oxygen atoms in total. The van der Waals surface area contributed by atoms with Crippen molar-refractivity contribution < 1.29 is 8.42 Å². The average Bonchev–Trinajstić information content (AvgIpc) is 3.13. The van der Waals surface area contributed by atoms with Crippen molar-refractivity contribution in [3.63, 3.8) is 0 Å². The Kier molecular flexibility index (Phi) is 3.84. The Labute approximate surface area is 158 Å². The first kappa shape index (κ1) is 17.2. The van der Waals surface area contributed by atoms with Crippen molar-refractivity contribution in [3.8, 4) is 0 Å². The van der Waals surface area contributed by atoms with Gasteiger partial charge >= 0.3 is 0 Å². The second-order valence-corrected chi connectivity index (χ2v) is 10.0. The maximum Gasteiger partial charge on any atom is 0.214 e. The van der Waals surface area contributed by atoms with E-state index in [2.05, 4.69) is 26.2 Å². The van der Waals surface area contributed by atoms with Crippen molar-refractivity contribution in [2.75, 3.05) is 0 Å². The molecule has 0 amide bonds. The summed E-state index contributed by atoms with van der Waals surface area (Å²) in [5.74, 6) is 1.39. The average molecular weight is 388 g/mol. The van der Waals surface area contributed by atoms with Gasteiger partial charge in [0, 0.05) is 23.7 Å². The van der Waals surface area contributed by atoms with Gasteiger partial charge in [0.25, 0.3) is 0 Å². The van der Waals surface area contributed by atoms with Crippen molar-refractivity contribution in [1.82, 2.24) is 24.2 Å². The highest BCUT2D eigenvalue weighted by Crippen LogP contribution is 2.42. The number of hydrogen-bond acceptors (Lipinski definition) is 4. The van der Waals surface area contributed by atoms with Crippen LogP contribution >= 0.6 is 0 Å². The standard InChI is InChI=1S/C19H25N5O2S/c1-3-12-8-13(23-27(25,26)14-4-5-14)9-17(12)24-11(2)22-16-10-21-19-15(18(16)24)6-7-20-19/h6-7,10,12-14,17,23H,3-5,8-9H2,1-2H3,(H,20,21)/t12-,13+,17+/m1/s1. The maximum absolute atomic E-state index is 12.4. The fourth-order valence-electron chi connectivity index (χ4n) is 4.77. The minimum Gasteiger partial charge on any atom is -0.346 e. The summed E-state index contributed by atoms with van der Waals surface area (Å²) in [4.78, 5) is 12.4. The fourth-order valence-corrected chi connectivity index (χ4v) is 6.38. The zero-order valence-corrected chi connectivity index (χ0v) is 16.5. The number of H-pyrrole nitrogens is 1. The largest absolute Gasteiger partial charge is 0.346 e. The Morgan fingerprint density at radius 3 is 2.89 bits per heavy atom. The molecule has 8 heteroatoms. The van der Waals surface area contributed by atoms with Crippen molar-refractivity contribution in [1.29, 1.82) is 0 Å². The molecule has 2 aliphatic carbocycles. The van der Waals surface area contributed by atoms with E-state index < -0.39 is 10.0 Å². The molecule has 0 saturated heterocycles. The van der Waals surface area contributed by atoms with Crippen LogP contribution < -0.4 is 4.72 Å². The van der Waals surface area contributed by atoms with Crippen LogP contribution in [0.2, 0.25) is 0 Å². The van der Waals surface area contributed by atoms with Crippen molar-refractivity contribution in [2.45, 2.75) is 63.3 Å². The molecule has 3 heterocycles. The monoisotopic (exact) mass is 387 g/mol. The van der Waals surface area contributed by atoms with Crippen LogP contribution in [0.15, 0.2) is 18.5 Å². The smallest absolute Gasteiger partial charge is 0.214 e.